The van der Waals surface area contributed by atoms with Gasteiger partial charge < -0.3 is 10.0 Å². The third-order valence-electron chi connectivity index (χ3n) is 2.68. The van der Waals surface area contributed by atoms with Gasteiger partial charge in [0.05, 0.1) is 11.3 Å². The largest absolute Gasteiger partial charge is 0.478 e. The molecule has 4 heteroatoms. The standard InChI is InChI=1S/C13H20N2O2/c1-5-8-15(9(2)3)12-7-6-11(13(16)17)10(4)14-12/h6-7,9H,5,8H2,1-4H3,(H,16,17). The van der Waals surface area contributed by atoms with E-state index in [4.69, 9.17) is 5.11 Å². The first-order valence-corrected chi connectivity index (χ1v) is 5.95. The SMILES string of the molecule is CCCN(c1ccc(C(=O)O)c(C)n1)C(C)C. The summed E-state index contributed by atoms with van der Waals surface area (Å²) in [5.74, 6) is -0.0718. The highest BCUT2D eigenvalue weighted by atomic mass is 16.4. The van der Waals surface area contributed by atoms with Crippen LogP contribution in [0.15, 0.2) is 12.1 Å². The number of aromatic carboxylic acids is 1. The fraction of sp³-hybridized carbons (Fsp3) is 0.538. The number of pyridine rings is 1. The Balaban J connectivity index is 3.06. The fourth-order valence-corrected chi connectivity index (χ4v) is 1.81. The van der Waals surface area contributed by atoms with Gasteiger partial charge in [0.2, 0.25) is 0 Å². The van der Waals surface area contributed by atoms with Crippen LogP contribution in [-0.2, 0) is 0 Å². The predicted molar refractivity (Wildman–Crippen MR) is 68.7 cm³/mol. The first-order valence-electron chi connectivity index (χ1n) is 5.95. The number of hydrogen-bond acceptors (Lipinski definition) is 3. The summed E-state index contributed by atoms with van der Waals surface area (Å²) in [5.41, 5.74) is 0.839. The Hall–Kier alpha value is -1.58. The number of carboxylic acids is 1. The van der Waals surface area contributed by atoms with E-state index in [0.717, 1.165) is 18.8 Å². The van der Waals surface area contributed by atoms with Crippen molar-refractivity contribution < 1.29 is 9.90 Å². The van der Waals surface area contributed by atoms with Gasteiger partial charge in [0.15, 0.2) is 0 Å². The summed E-state index contributed by atoms with van der Waals surface area (Å²) in [5, 5.41) is 8.95. The van der Waals surface area contributed by atoms with Crippen molar-refractivity contribution in [2.24, 2.45) is 0 Å². The first kappa shape index (κ1) is 13.5. The highest BCUT2D eigenvalue weighted by Crippen LogP contribution is 2.17. The minimum atomic E-state index is -0.923. The molecule has 1 aromatic rings. The van der Waals surface area contributed by atoms with E-state index in [9.17, 15) is 4.79 Å². The maximum Gasteiger partial charge on any atom is 0.337 e. The molecule has 0 aliphatic heterocycles. The van der Waals surface area contributed by atoms with Crippen LogP contribution in [0.1, 0.15) is 43.2 Å². The molecule has 0 radical (unpaired) electrons. The third kappa shape index (κ3) is 3.19. The smallest absolute Gasteiger partial charge is 0.337 e. The van der Waals surface area contributed by atoms with Gasteiger partial charge in [-0.15, -0.1) is 0 Å². The summed E-state index contributed by atoms with van der Waals surface area (Å²) in [6.07, 6.45) is 1.04. The highest BCUT2D eigenvalue weighted by Gasteiger charge is 2.14. The van der Waals surface area contributed by atoms with Crippen molar-refractivity contribution in [1.82, 2.24) is 4.98 Å². The molecular formula is C13H20N2O2. The second-order valence-electron chi connectivity index (χ2n) is 4.39. The molecule has 0 amide bonds. The summed E-state index contributed by atoms with van der Waals surface area (Å²) in [7, 11) is 0. The van der Waals surface area contributed by atoms with Crippen LogP contribution in [0, 0.1) is 6.92 Å². The molecule has 0 bridgehead atoms. The highest BCUT2D eigenvalue weighted by molar-refractivity contribution is 5.89. The van der Waals surface area contributed by atoms with E-state index in [2.05, 4.69) is 30.7 Å². The molecule has 0 aromatic carbocycles. The van der Waals surface area contributed by atoms with Gasteiger partial charge in [-0.1, -0.05) is 6.92 Å². The number of nitrogens with zero attached hydrogens (tertiary/aromatic N) is 2. The average molecular weight is 236 g/mol. The maximum absolute atomic E-state index is 10.9. The molecular weight excluding hydrogens is 216 g/mol. The second-order valence-corrected chi connectivity index (χ2v) is 4.39. The summed E-state index contributed by atoms with van der Waals surface area (Å²) in [6.45, 7) is 9.00. The van der Waals surface area contributed by atoms with Crippen molar-refractivity contribution in [2.75, 3.05) is 11.4 Å². The Morgan fingerprint density at radius 2 is 2.12 bits per heavy atom. The van der Waals surface area contributed by atoms with E-state index in [1.54, 1.807) is 19.1 Å². The van der Waals surface area contributed by atoms with Gasteiger partial charge in [0, 0.05) is 12.6 Å². The van der Waals surface area contributed by atoms with E-state index < -0.39 is 5.97 Å². The molecule has 4 nitrogen and oxygen atoms in total. The van der Waals surface area contributed by atoms with E-state index in [-0.39, 0.29) is 5.56 Å². The van der Waals surface area contributed by atoms with Crippen molar-refractivity contribution in [3.63, 3.8) is 0 Å². The number of hydrogen-bond donors (Lipinski definition) is 1. The van der Waals surface area contributed by atoms with Crippen LogP contribution in [0.25, 0.3) is 0 Å². The summed E-state index contributed by atoms with van der Waals surface area (Å²) in [4.78, 5) is 17.5. The number of aromatic nitrogens is 1. The molecule has 94 valence electrons. The summed E-state index contributed by atoms with van der Waals surface area (Å²) in [6, 6.07) is 3.77. The van der Waals surface area contributed by atoms with Crippen LogP contribution in [0.2, 0.25) is 0 Å². The Morgan fingerprint density at radius 3 is 2.53 bits per heavy atom. The van der Waals surface area contributed by atoms with Crippen LogP contribution >= 0.6 is 0 Å². The normalized spacial score (nSPS) is 10.6. The van der Waals surface area contributed by atoms with E-state index >= 15 is 0 Å². The molecule has 0 saturated heterocycles. The summed E-state index contributed by atoms with van der Waals surface area (Å²) < 4.78 is 0. The van der Waals surface area contributed by atoms with Crippen LogP contribution in [-0.4, -0.2) is 28.6 Å². The van der Waals surface area contributed by atoms with Gasteiger partial charge in [-0.3, -0.25) is 0 Å². The van der Waals surface area contributed by atoms with Crippen LogP contribution in [0.4, 0.5) is 5.82 Å². The number of aryl methyl sites for hydroxylation is 1. The van der Waals surface area contributed by atoms with Crippen molar-refractivity contribution in [2.45, 2.75) is 40.2 Å². The molecule has 0 unspecified atom stereocenters. The van der Waals surface area contributed by atoms with Crippen molar-refractivity contribution >= 4 is 11.8 Å². The van der Waals surface area contributed by atoms with Gasteiger partial charge >= 0.3 is 5.97 Å². The van der Waals surface area contributed by atoms with Gasteiger partial charge in [0.25, 0.3) is 0 Å². The van der Waals surface area contributed by atoms with Crippen LogP contribution < -0.4 is 4.90 Å². The lowest BCUT2D eigenvalue weighted by molar-refractivity contribution is 0.0695. The van der Waals surface area contributed by atoms with E-state index in [1.165, 1.54) is 0 Å². The number of carbonyl (C=O) groups is 1. The van der Waals surface area contributed by atoms with Gasteiger partial charge in [-0.2, -0.15) is 0 Å². The fourth-order valence-electron chi connectivity index (χ4n) is 1.81. The Bertz CT molecular complexity index is 402. The molecule has 0 fully saturated rings. The van der Waals surface area contributed by atoms with Crippen molar-refractivity contribution in [3.8, 4) is 0 Å². The Morgan fingerprint density at radius 1 is 1.47 bits per heavy atom. The number of rotatable bonds is 5. The lowest BCUT2D eigenvalue weighted by Gasteiger charge is -2.27. The van der Waals surface area contributed by atoms with E-state index in [1.807, 2.05) is 0 Å². The topological polar surface area (TPSA) is 53.4 Å². The lowest BCUT2D eigenvalue weighted by Crippen LogP contribution is -2.32. The number of anilines is 1. The first-order chi connectivity index (χ1) is 7.97. The second kappa shape index (κ2) is 5.66. The minimum Gasteiger partial charge on any atom is -0.478 e. The van der Waals surface area contributed by atoms with Crippen molar-refractivity contribution in [1.29, 1.82) is 0 Å². The molecule has 0 atom stereocenters. The minimum absolute atomic E-state index is 0.272. The average Bonchev–Trinajstić information content (AvgIpc) is 2.24. The molecule has 1 rings (SSSR count). The molecule has 1 N–H and O–H groups in total. The lowest BCUT2D eigenvalue weighted by atomic mass is 10.2. The van der Waals surface area contributed by atoms with Gasteiger partial charge in [-0.05, 0) is 39.3 Å². The van der Waals surface area contributed by atoms with E-state index in [0.29, 0.717) is 11.7 Å². The Kier molecular flexibility index (Phi) is 4.49. The zero-order chi connectivity index (χ0) is 13.0. The number of carboxylic acid groups (broad SMARTS) is 1. The predicted octanol–water partition coefficient (Wildman–Crippen LogP) is 2.71. The van der Waals surface area contributed by atoms with Crippen LogP contribution in [0.3, 0.4) is 0 Å². The molecule has 1 heterocycles. The maximum atomic E-state index is 10.9. The quantitative estimate of drug-likeness (QED) is 0.854. The molecule has 0 aliphatic rings. The zero-order valence-corrected chi connectivity index (χ0v) is 10.9. The molecule has 0 saturated carbocycles. The monoisotopic (exact) mass is 236 g/mol. The van der Waals surface area contributed by atoms with Gasteiger partial charge in [0.1, 0.15) is 5.82 Å². The zero-order valence-electron chi connectivity index (χ0n) is 10.9. The molecule has 1 aromatic heterocycles. The Labute approximate surface area is 102 Å². The third-order valence-corrected chi connectivity index (χ3v) is 2.68. The molecule has 17 heavy (non-hydrogen) atoms. The molecule has 0 aliphatic carbocycles. The van der Waals surface area contributed by atoms with Crippen LogP contribution in [0.5, 0.6) is 0 Å². The van der Waals surface area contributed by atoms with Crippen molar-refractivity contribution in [3.05, 3.63) is 23.4 Å². The molecule has 0 spiro atoms. The summed E-state index contributed by atoms with van der Waals surface area (Å²) >= 11 is 0. The van der Waals surface area contributed by atoms with Gasteiger partial charge in [-0.25, -0.2) is 9.78 Å².